The number of fused-ring (bicyclic) bond motifs is 1. The molecule has 2 aromatic heterocycles. The van der Waals surface area contributed by atoms with Gasteiger partial charge in [0.2, 0.25) is 5.76 Å². The highest BCUT2D eigenvalue weighted by Gasteiger charge is 2.51. The lowest BCUT2D eigenvalue weighted by atomic mass is 9.79. The zero-order valence-electron chi connectivity index (χ0n) is 31.0. The van der Waals surface area contributed by atoms with Gasteiger partial charge in [-0.15, -0.1) is 0 Å². The molecule has 5 aromatic rings. The third-order valence-electron chi connectivity index (χ3n) is 9.55. The quantitative estimate of drug-likeness (QED) is 0.101. The number of pyridine rings is 1. The molecule has 0 radical (unpaired) electrons. The van der Waals surface area contributed by atoms with E-state index in [1.54, 1.807) is 0 Å². The lowest BCUT2D eigenvalue weighted by Crippen LogP contribution is -2.41. The second-order valence-corrected chi connectivity index (χ2v) is 17.4. The van der Waals surface area contributed by atoms with E-state index >= 15 is 0 Å². The molecule has 0 aliphatic carbocycles. The van der Waals surface area contributed by atoms with E-state index in [1.807, 2.05) is 69.9 Å². The molecule has 0 spiro atoms. The molecule has 1 aliphatic heterocycles. The molecule has 0 unspecified atom stereocenters. The molecule has 1 aliphatic rings. The number of hydrogen-bond donors (Lipinski definition) is 0. The normalized spacial score (nSPS) is 15.2. The summed E-state index contributed by atoms with van der Waals surface area (Å²) in [7, 11) is -3.07. The Morgan fingerprint density at radius 2 is 1.64 bits per heavy atom. The second kappa shape index (κ2) is 16.8. The molecule has 292 valence electrons. The number of nitrogens with zero attached hydrogens (tertiary/aromatic N) is 2. The van der Waals surface area contributed by atoms with E-state index in [9.17, 15) is 26.4 Å². The fraction of sp³-hybridized carbons (Fsp3) is 0.333. The summed E-state index contributed by atoms with van der Waals surface area (Å²) in [4.78, 5) is 16.6. The topological polar surface area (TPSA) is 108 Å². The summed E-state index contributed by atoms with van der Waals surface area (Å²) in [5, 5.41) is 2.73. The van der Waals surface area contributed by atoms with E-state index in [2.05, 4.69) is 49.9 Å². The predicted octanol–water partition coefficient (Wildman–Crippen LogP) is 8.71. The molecule has 6 rings (SSSR count). The number of carbonyl (C=O) groups excluding carboxylic acids is 1. The van der Waals surface area contributed by atoms with Crippen molar-refractivity contribution in [2.75, 3.05) is 12.9 Å². The number of halogens is 5. The van der Waals surface area contributed by atoms with Crippen molar-refractivity contribution in [3.05, 3.63) is 123 Å². The van der Waals surface area contributed by atoms with Crippen molar-refractivity contribution in [1.82, 2.24) is 9.88 Å². The molecule has 0 atom stereocenters. The Hall–Kier alpha value is -3.73. The molecule has 0 N–H and O–H groups in total. The van der Waals surface area contributed by atoms with E-state index in [1.165, 1.54) is 24.5 Å². The van der Waals surface area contributed by atoms with Gasteiger partial charge in [0.05, 0.1) is 29.8 Å². The predicted molar refractivity (Wildman–Crippen MR) is 209 cm³/mol. The van der Waals surface area contributed by atoms with Gasteiger partial charge in [0.1, 0.15) is 5.76 Å². The number of aryl methyl sites for hydroxylation is 1. The van der Waals surface area contributed by atoms with Crippen LogP contribution in [0.3, 0.4) is 0 Å². The van der Waals surface area contributed by atoms with Crippen LogP contribution < -0.4 is 5.46 Å². The summed E-state index contributed by atoms with van der Waals surface area (Å²) < 4.78 is 85.2. The van der Waals surface area contributed by atoms with E-state index < -0.39 is 51.8 Å². The Morgan fingerprint density at radius 3 is 2.25 bits per heavy atom. The average Bonchev–Trinajstić information content (AvgIpc) is 3.67. The van der Waals surface area contributed by atoms with Gasteiger partial charge in [-0.3, -0.25) is 14.7 Å². The SMILES string of the molecule is COC(=O)CS(=O)(=O)c1cncc(Br)c1.Cc1ccc2ccccc2c1CN(Cc1ccc(C(F)(F)F)o1)Cc1ccc(B2OC(C)(C)C(C)(C)O2)cc1Cl. The van der Waals surface area contributed by atoms with Crippen molar-refractivity contribution in [3.63, 3.8) is 0 Å². The van der Waals surface area contributed by atoms with Crippen LogP contribution in [0.25, 0.3) is 10.8 Å². The summed E-state index contributed by atoms with van der Waals surface area (Å²) in [6.45, 7) is 11.1. The maximum Gasteiger partial charge on any atom is 0.494 e. The first kappa shape index (κ1) is 42.4. The van der Waals surface area contributed by atoms with Crippen molar-refractivity contribution >= 4 is 66.7 Å². The molecule has 55 heavy (non-hydrogen) atoms. The smallest absolute Gasteiger partial charge is 0.468 e. The third kappa shape index (κ3) is 10.4. The van der Waals surface area contributed by atoms with Crippen LogP contribution in [-0.2, 0) is 54.5 Å². The van der Waals surface area contributed by atoms with E-state index in [0.717, 1.165) is 46.1 Å². The molecule has 1 saturated heterocycles. The summed E-state index contributed by atoms with van der Waals surface area (Å²) in [5.74, 6) is -2.25. The zero-order valence-corrected chi connectivity index (χ0v) is 34.2. The van der Waals surface area contributed by atoms with Crippen LogP contribution in [0.4, 0.5) is 13.2 Å². The highest BCUT2D eigenvalue weighted by atomic mass is 79.9. The highest BCUT2D eigenvalue weighted by molar-refractivity contribution is 9.10. The van der Waals surface area contributed by atoms with E-state index in [0.29, 0.717) is 22.6 Å². The molecule has 1 fully saturated rings. The maximum absolute atomic E-state index is 13.2. The van der Waals surface area contributed by atoms with Crippen LogP contribution >= 0.6 is 27.5 Å². The number of ether oxygens (including phenoxy) is 1. The number of carbonyl (C=O) groups is 1. The minimum Gasteiger partial charge on any atom is -0.468 e. The first-order chi connectivity index (χ1) is 25.7. The number of aromatic nitrogens is 1. The Balaban J connectivity index is 0.000000325. The summed E-state index contributed by atoms with van der Waals surface area (Å²) in [5.41, 5.74) is 2.89. The van der Waals surface area contributed by atoms with Crippen LogP contribution in [0, 0.1) is 6.92 Å². The standard InChI is InChI=1S/C31H32BClF3NO3.C8H8BrNO4S/c1-20-10-11-21-8-6-7-9-25(21)26(20)19-37(18-24-14-15-28(38-24)31(34,35)36)17-22-12-13-23(16-27(22)33)32-39-29(2,3)30(4,5)40-32;1-14-8(11)5-15(12,13)7-2-6(9)3-10-4-7/h6-16H,17-19H2,1-5H3;2-4H,5H2,1H3. The maximum atomic E-state index is 13.2. The van der Waals surface area contributed by atoms with E-state index in [-0.39, 0.29) is 17.2 Å². The van der Waals surface area contributed by atoms with Crippen molar-refractivity contribution in [2.45, 2.75) is 76.5 Å². The van der Waals surface area contributed by atoms with Gasteiger partial charge in [-0.1, -0.05) is 60.1 Å². The summed E-state index contributed by atoms with van der Waals surface area (Å²) in [6.07, 6.45) is -1.90. The monoisotopic (exact) mass is 862 g/mol. The van der Waals surface area contributed by atoms with Crippen molar-refractivity contribution < 1.29 is 44.8 Å². The fourth-order valence-corrected chi connectivity index (χ4v) is 7.69. The number of rotatable bonds is 10. The average molecular weight is 864 g/mol. The lowest BCUT2D eigenvalue weighted by Gasteiger charge is -2.32. The molecule has 0 saturated carbocycles. The first-order valence-electron chi connectivity index (χ1n) is 17.1. The van der Waals surface area contributed by atoms with Gasteiger partial charge in [-0.2, -0.15) is 13.2 Å². The Morgan fingerprint density at radius 1 is 0.945 bits per heavy atom. The Bertz CT molecular complexity index is 2270. The van der Waals surface area contributed by atoms with Crippen LogP contribution in [0.5, 0.6) is 0 Å². The van der Waals surface area contributed by atoms with Gasteiger partial charge in [-0.25, -0.2) is 8.42 Å². The number of methoxy groups -OCH3 is 1. The van der Waals surface area contributed by atoms with Gasteiger partial charge in [0, 0.05) is 35.0 Å². The van der Waals surface area contributed by atoms with Gasteiger partial charge in [-0.05, 0) is 108 Å². The van der Waals surface area contributed by atoms with Crippen molar-refractivity contribution in [2.24, 2.45) is 0 Å². The molecule has 3 heterocycles. The highest BCUT2D eigenvalue weighted by Crippen LogP contribution is 2.37. The van der Waals surface area contributed by atoms with Crippen molar-refractivity contribution in [1.29, 1.82) is 0 Å². The number of esters is 1. The minimum absolute atomic E-state index is 0.0118. The minimum atomic E-state index is -4.54. The third-order valence-corrected chi connectivity index (χ3v) is 11.9. The Labute approximate surface area is 332 Å². The van der Waals surface area contributed by atoms with E-state index in [4.69, 9.17) is 25.3 Å². The van der Waals surface area contributed by atoms with Crippen molar-refractivity contribution in [3.8, 4) is 0 Å². The largest absolute Gasteiger partial charge is 0.494 e. The number of hydrogen-bond acceptors (Lipinski definition) is 9. The summed E-state index contributed by atoms with van der Waals surface area (Å²) in [6, 6.07) is 21.7. The molecule has 0 amide bonds. The summed E-state index contributed by atoms with van der Waals surface area (Å²) >= 11 is 9.88. The fourth-order valence-electron chi connectivity index (χ4n) is 5.80. The van der Waals surface area contributed by atoms with Gasteiger partial charge < -0.3 is 18.5 Å². The Kier molecular flexibility index (Phi) is 12.9. The number of alkyl halides is 3. The first-order valence-corrected chi connectivity index (χ1v) is 19.9. The number of furan rings is 1. The number of benzene rings is 3. The van der Waals surface area contributed by atoms with Gasteiger partial charge in [0.15, 0.2) is 15.6 Å². The van der Waals surface area contributed by atoms with Gasteiger partial charge in [0.25, 0.3) is 0 Å². The number of sulfone groups is 1. The molecule has 0 bridgehead atoms. The van der Waals surface area contributed by atoms with Gasteiger partial charge >= 0.3 is 19.3 Å². The molecular weight excluding hydrogens is 824 g/mol. The molecule has 3 aromatic carbocycles. The lowest BCUT2D eigenvalue weighted by molar-refractivity contribution is -0.153. The van der Waals surface area contributed by atoms with Crippen LogP contribution in [-0.4, -0.2) is 55.5 Å². The van der Waals surface area contributed by atoms with Crippen LogP contribution in [0.1, 0.15) is 55.9 Å². The molecule has 16 heteroatoms. The molecular formula is C39H40BBrClF3N2O7S. The van der Waals surface area contributed by atoms with Crippen LogP contribution in [0.2, 0.25) is 5.02 Å². The molecule has 9 nitrogen and oxygen atoms in total. The zero-order chi connectivity index (χ0) is 40.3. The van der Waals surface area contributed by atoms with Crippen LogP contribution in [0.15, 0.2) is 99.0 Å². The second-order valence-electron chi connectivity index (χ2n) is 14.1.